The predicted octanol–water partition coefficient (Wildman–Crippen LogP) is 0.170. The van der Waals surface area contributed by atoms with Crippen LogP contribution in [0.5, 0.6) is 0 Å². The van der Waals surface area contributed by atoms with E-state index in [9.17, 15) is 9.59 Å². The van der Waals surface area contributed by atoms with E-state index < -0.39 is 5.54 Å². The lowest BCUT2D eigenvalue weighted by atomic mass is 10.1. The van der Waals surface area contributed by atoms with Crippen LogP contribution in [0.3, 0.4) is 0 Å². The Morgan fingerprint density at radius 1 is 1.17 bits per heavy atom. The van der Waals surface area contributed by atoms with E-state index in [1.807, 2.05) is 20.8 Å². The molecular weight excluding hydrogens is 158 g/mol. The van der Waals surface area contributed by atoms with Crippen LogP contribution in [0.15, 0.2) is 0 Å². The third-order valence-electron chi connectivity index (χ3n) is 1.62. The Labute approximate surface area is 71.5 Å². The lowest BCUT2D eigenvalue weighted by Gasteiger charge is -2.36. The molecule has 0 aromatic heterocycles. The maximum absolute atomic E-state index is 11.2. The molecule has 0 aromatic rings. The van der Waals surface area contributed by atoms with Gasteiger partial charge in [0.25, 0.3) is 11.8 Å². The van der Waals surface area contributed by atoms with Gasteiger partial charge in [-0.05, 0) is 20.8 Å². The molecule has 68 valence electrons. The van der Waals surface area contributed by atoms with Crippen molar-refractivity contribution in [3.05, 3.63) is 0 Å². The molecule has 1 heterocycles. The minimum absolute atomic E-state index is 0.0169. The molecule has 0 bridgehead atoms. The topological polar surface area (TPSA) is 46.6 Å². The van der Waals surface area contributed by atoms with E-state index in [1.165, 1.54) is 4.90 Å². The highest BCUT2D eigenvalue weighted by Crippen LogP contribution is 2.16. The fraction of sp³-hybridized carbons (Fsp3) is 0.750. The van der Waals surface area contributed by atoms with Gasteiger partial charge in [0, 0.05) is 5.54 Å². The zero-order chi connectivity index (χ0) is 9.35. The number of hydrogen-bond acceptors (Lipinski definition) is 3. The lowest BCUT2D eigenvalue weighted by Crippen LogP contribution is -2.55. The van der Waals surface area contributed by atoms with Gasteiger partial charge < -0.3 is 4.74 Å². The summed E-state index contributed by atoms with van der Waals surface area (Å²) in [6.45, 7) is 5.52. The van der Waals surface area contributed by atoms with E-state index in [4.69, 9.17) is 4.74 Å². The van der Waals surface area contributed by atoms with Gasteiger partial charge in [-0.2, -0.15) is 0 Å². The van der Waals surface area contributed by atoms with E-state index in [2.05, 4.69) is 0 Å². The summed E-state index contributed by atoms with van der Waals surface area (Å²) >= 11 is 0. The summed E-state index contributed by atoms with van der Waals surface area (Å²) in [7, 11) is 0. The zero-order valence-corrected chi connectivity index (χ0v) is 7.59. The number of carbonyl (C=O) groups excluding carboxylic acids is 2. The molecule has 0 spiro atoms. The molecule has 0 aromatic carbocycles. The third kappa shape index (κ3) is 1.64. The summed E-state index contributed by atoms with van der Waals surface area (Å²) in [5.41, 5.74) is -0.433. The van der Waals surface area contributed by atoms with Gasteiger partial charge in [-0.3, -0.25) is 14.5 Å². The first-order chi connectivity index (χ1) is 5.43. The van der Waals surface area contributed by atoms with Crippen LogP contribution < -0.4 is 0 Å². The molecule has 1 aliphatic rings. The summed E-state index contributed by atoms with van der Waals surface area (Å²) in [6.07, 6.45) is 0. The first-order valence-electron chi connectivity index (χ1n) is 3.86. The predicted molar refractivity (Wildman–Crippen MR) is 42.4 cm³/mol. The van der Waals surface area contributed by atoms with Crippen molar-refractivity contribution >= 4 is 11.8 Å². The van der Waals surface area contributed by atoms with Crippen LogP contribution in [0.4, 0.5) is 0 Å². The van der Waals surface area contributed by atoms with Crippen molar-refractivity contribution in [2.75, 3.05) is 13.2 Å². The molecule has 2 amide bonds. The van der Waals surface area contributed by atoms with Crippen molar-refractivity contribution in [2.24, 2.45) is 0 Å². The molecule has 0 radical (unpaired) electrons. The van der Waals surface area contributed by atoms with Crippen molar-refractivity contribution in [3.63, 3.8) is 0 Å². The van der Waals surface area contributed by atoms with E-state index >= 15 is 0 Å². The Morgan fingerprint density at radius 3 is 1.83 bits per heavy atom. The maximum atomic E-state index is 11.2. The van der Waals surface area contributed by atoms with Crippen LogP contribution >= 0.6 is 0 Å². The molecule has 4 heteroatoms. The first kappa shape index (κ1) is 9.19. The van der Waals surface area contributed by atoms with E-state index in [1.54, 1.807) is 0 Å². The van der Waals surface area contributed by atoms with Crippen LogP contribution in [0.2, 0.25) is 0 Å². The van der Waals surface area contributed by atoms with Gasteiger partial charge in [-0.15, -0.1) is 0 Å². The third-order valence-corrected chi connectivity index (χ3v) is 1.62. The summed E-state index contributed by atoms with van der Waals surface area (Å²) in [6, 6.07) is 0. The molecule has 1 rings (SSSR count). The monoisotopic (exact) mass is 171 g/mol. The Hall–Kier alpha value is -0.900. The fourth-order valence-electron chi connectivity index (χ4n) is 1.24. The Kier molecular flexibility index (Phi) is 2.19. The molecule has 0 N–H and O–H groups in total. The van der Waals surface area contributed by atoms with E-state index in [0.717, 1.165) is 0 Å². The molecule has 0 atom stereocenters. The van der Waals surface area contributed by atoms with Gasteiger partial charge in [-0.25, -0.2) is 0 Å². The minimum Gasteiger partial charge on any atom is -0.362 e. The van der Waals surface area contributed by atoms with Gasteiger partial charge in [0.05, 0.1) is 0 Å². The first-order valence-corrected chi connectivity index (χ1v) is 3.86. The number of amides is 2. The SMILES string of the molecule is CC(C)(C)N1C(=O)COCC1=O. The van der Waals surface area contributed by atoms with Gasteiger partial charge in [0.1, 0.15) is 13.2 Å². The average Bonchev–Trinajstić information content (AvgIpc) is 1.82. The highest BCUT2D eigenvalue weighted by atomic mass is 16.5. The van der Waals surface area contributed by atoms with Crippen LogP contribution in [0.1, 0.15) is 20.8 Å². The van der Waals surface area contributed by atoms with Crippen molar-refractivity contribution in [1.82, 2.24) is 4.90 Å². The number of nitrogens with zero attached hydrogens (tertiary/aromatic N) is 1. The van der Waals surface area contributed by atoms with Gasteiger partial charge in [-0.1, -0.05) is 0 Å². The van der Waals surface area contributed by atoms with Crippen LogP contribution in [0, 0.1) is 0 Å². The van der Waals surface area contributed by atoms with Crippen molar-refractivity contribution < 1.29 is 14.3 Å². The number of morpholine rings is 1. The lowest BCUT2D eigenvalue weighted by molar-refractivity contribution is -0.164. The second-order valence-corrected chi connectivity index (χ2v) is 3.79. The van der Waals surface area contributed by atoms with Gasteiger partial charge in [0.2, 0.25) is 0 Å². The van der Waals surface area contributed by atoms with Crippen molar-refractivity contribution in [2.45, 2.75) is 26.3 Å². The zero-order valence-electron chi connectivity index (χ0n) is 7.59. The highest BCUT2D eigenvalue weighted by Gasteiger charge is 2.35. The fourth-order valence-corrected chi connectivity index (χ4v) is 1.24. The number of carbonyl (C=O) groups is 2. The van der Waals surface area contributed by atoms with Crippen LogP contribution in [-0.2, 0) is 14.3 Å². The summed E-state index contributed by atoms with van der Waals surface area (Å²) in [4.78, 5) is 23.7. The summed E-state index contributed by atoms with van der Waals surface area (Å²) < 4.78 is 4.78. The van der Waals surface area contributed by atoms with Gasteiger partial charge in [0.15, 0.2) is 0 Å². The second kappa shape index (κ2) is 2.86. The second-order valence-electron chi connectivity index (χ2n) is 3.79. The summed E-state index contributed by atoms with van der Waals surface area (Å²) in [5, 5.41) is 0. The quantitative estimate of drug-likeness (QED) is 0.488. The van der Waals surface area contributed by atoms with E-state index in [-0.39, 0.29) is 25.0 Å². The number of ether oxygens (including phenoxy) is 1. The van der Waals surface area contributed by atoms with Crippen LogP contribution in [-0.4, -0.2) is 35.5 Å². The average molecular weight is 171 g/mol. The van der Waals surface area contributed by atoms with Gasteiger partial charge >= 0.3 is 0 Å². The maximum Gasteiger partial charge on any atom is 0.255 e. The molecule has 1 saturated heterocycles. The molecule has 0 aliphatic carbocycles. The van der Waals surface area contributed by atoms with Crippen molar-refractivity contribution in [3.8, 4) is 0 Å². The van der Waals surface area contributed by atoms with Crippen molar-refractivity contribution in [1.29, 1.82) is 0 Å². The Bertz CT molecular complexity index is 201. The molecule has 12 heavy (non-hydrogen) atoms. The molecule has 0 unspecified atom stereocenters. The smallest absolute Gasteiger partial charge is 0.255 e. The minimum atomic E-state index is -0.433. The number of rotatable bonds is 0. The Balaban J connectivity index is 2.84. The Morgan fingerprint density at radius 2 is 1.58 bits per heavy atom. The molecule has 0 saturated carbocycles. The largest absolute Gasteiger partial charge is 0.362 e. The molecule has 4 nitrogen and oxygen atoms in total. The van der Waals surface area contributed by atoms with E-state index in [0.29, 0.717) is 0 Å². The number of imide groups is 1. The standard InChI is InChI=1S/C8H13NO3/c1-8(2,3)9-6(10)4-12-5-7(9)11/h4-5H2,1-3H3. The molecule has 1 aliphatic heterocycles. The highest BCUT2D eigenvalue weighted by molar-refractivity contribution is 5.99. The molecule has 1 fully saturated rings. The summed E-state index contributed by atoms with van der Waals surface area (Å²) in [5.74, 6) is -0.502. The van der Waals surface area contributed by atoms with Crippen LogP contribution in [0.25, 0.3) is 0 Å². The molecular formula is C8H13NO3. The number of hydrogen-bond donors (Lipinski definition) is 0. The normalized spacial score (nSPS) is 20.1.